The lowest BCUT2D eigenvalue weighted by Gasteiger charge is -2.16. The first-order valence-corrected chi connectivity index (χ1v) is 8.59. The minimum Gasteiger partial charge on any atom is -0.381 e. The molecule has 1 heterocycles. The summed E-state index contributed by atoms with van der Waals surface area (Å²) in [6.45, 7) is 3.07. The molecule has 1 aromatic carbocycles. The summed E-state index contributed by atoms with van der Waals surface area (Å²) in [5.41, 5.74) is 1.04. The number of amides is 1. The zero-order valence-corrected chi connectivity index (χ0v) is 17.7. The first kappa shape index (κ1) is 22.6. The van der Waals surface area contributed by atoms with Gasteiger partial charge in [-0.1, -0.05) is 12.1 Å². The van der Waals surface area contributed by atoms with Gasteiger partial charge < -0.3 is 20.3 Å². The van der Waals surface area contributed by atoms with Crippen LogP contribution in [0.5, 0.6) is 0 Å². The molecular weight excluding hydrogens is 450 g/mol. The van der Waals surface area contributed by atoms with E-state index in [0.29, 0.717) is 18.4 Å². The van der Waals surface area contributed by atoms with Crippen LogP contribution in [-0.2, 0) is 16.0 Å². The van der Waals surface area contributed by atoms with Gasteiger partial charge in [-0.2, -0.15) is 0 Å². The molecule has 2 N–H and O–H groups in total. The van der Waals surface area contributed by atoms with Crippen molar-refractivity contribution in [3.05, 3.63) is 35.6 Å². The Kier molecular flexibility index (Phi) is 10.5. The highest BCUT2D eigenvalue weighted by atomic mass is 127. The van der Waals surface area contributed by atoms with E-state index in [-0.39, 0.29) is 42.2 Å². The van der Waals surface area contributed by atoms with Gasteiger partial charge in [0, 0.05) is 39.7 Å². The van der Waals surface area contributed by atoms with Crippen molar-refractivity contribution < 1.29 is 13.9 Å². The third-order valence-electron chi connectivity index (χ3n) is 4.07. The van der Waals surface area contributed by atoms with Gasteiger partial charge in [0.25, 0.3) is 0 Å². The minimum atomic E-state index is -0.235. The van der Waals surface area contributed by atoms with E-state index in [4.69, 9.17) is 4.74 Å². The van der Waals surface area contributed by atoms with Crippen LogP contribution in [0.25, 0.3) is 0 Å². The number of benzene rings is 1. The normalized spacial score (nSPS) is 16.7. The molecule has 1 amide bonds. The summed E-state index contributed by atoms with van der Waals surface area (Å²) in [7, 11) is 3.42. The Bertz CT molecular complexity index is 575. The molecule has 1 aliphatic rings. The molecular formula is C18H28FIN4O2. The van der Waals surface area contributed by atoms with Crippen LogP contribution >= 0.6 is 24.0 Å². The van der Waals surface area contributed by atoms with E-state index in [2.05, 4.69) is 15.6 Å². The van der Waals surface area contributed by atoms with Crippen molar-refractivity contribution in [2.24, 2.45) is 10.9 Å². The molecule has 6 nitrogen and oxygen atoms in total. The lowest BCUT2D eigenvalue weighted by atomic mass is 10.1. The number of nitrogens with one attached hydrogen (secondary N) is 2. The second kappa shape index (κ2) is 12.1. The van der Waals surface area contributed by atoms with E-state index in [0.717, 1.165) is 38.2 Å². The SMILES string of the molecule is CN(C)C(=O)CN=C(NCCc1ccc(F)cc1)NCC1CCOC1.I. The molecule has 1 atom stereocenters. The van der Waals surface area contributed by atoms with Crippen molar-refractivity contribution in [3.63, 3.8) is 0 Å². The summed E-state index contributed by atoms with van der Waals surface area (Å²) in [4.78, 5) is 17.6. The number of likely N-dealkylation sites (N-methyl/N-ethyl adjacent to an activating group) is 1. The van der Waals surface area contributed by atoms with Crippen molar-refractivity contribution in [2.75, 3.05) is 46.9 Å². The predicted octanol–water partition coefficient (Wildman–Crippen LogP) is 1.65. The molecule has 1 saturated heterocycles. The first-order valence-electron chi connectivity index (χ1n) is 8.59. The van der Waals surface area contributed by atoms with Gasteiger partial charge in [0.05, 0.1) is 6.61 Å². The summed E-state index contributed by atoms with van der Waals surface area (Å²) < 4.78 is 18.3. The quantitative estimate of drug-likeness (QED) is 0.356. The number of guanidine groups is 1. The summed E-state index contributed by atoms with van der Waals surface area (Å²) in [5.74, 6) is 0.795. The van der Waals surface area contributed by atoms with Crippen LogP contribution in [0, 0.1) is 11.7 Å². The fraction of sp³-hybridized carbons (Fsp3) is 0.556. The summed E-state index contributed by atoms with van der Waals surface area (Å²) in [6, 6.07) is 6.45. The van der Waals surface area contributed by atoms with Gasteiger partial charge in [-0.25, -0.2) is 9.38 Å². The van der Waals surface area contributed by atoms with Gasteiger partial charge >= 0.3 is 0 Å². The fourth-order valence-electron chi connectivity index (χ4n) is 2.42. The highest BCUT2D eigenvalue weighted by molar-refractivity contribution is 14.0. The maximum absolute atomic E-state index is 12.9. The maximum atomic E-state index is 12.9. The minimum absolute atomic E-state index is 0. The molecule has 1 unspecified atom stereocenters. The second-order valence-electron chi connectivity index (χ2n) is 6.37. The van der Waals surface area contributed by atoms with Gasteiger partial charge in [0.1, 0.15) is 12.4 Å². The molecule has 0 saturated carbocycles. The number of hydrogen-bond donors (Lipinski definition) is 2. The Hall–Kier alpha value is -1.42. The van der Waals surface area contributed by atoms with E-state index in [1.54, 1.807) is 26.2 Å². The average Bonchev–Trinajstić information content (AvgIpc) is 3.11. The van der Waals surface area contributed by atoms with Crippen molar-refractivity contribution in [1.82, 2.24) is 15.5 Å². The highest BCUT2D eigenvalue weighted by Gasteiger charge is 2.16. The Labute approximate surface area is 171 Å². The van der Waals surface area contributed by atoms with Gasteiger partial charge in [-0.15, -0.1) is 24.0 Å². The van der Waals surface area contributed by atoms with Crippen LogP contribution in [0.1, 0.15) is 12.0 Å². The highest BCUT2D eigenvalue weighted by Crippen LogP contribution is 2.10. The molecule has 1 aliphatic heterocycles. The molecule has 0 radical (unpaired) electrons. The van der Waals surface area contributed by atoms with Gasteiger partial charge in [0.15, 0.2) is 5.96 Å². The third kappa shape index (κ3) is 8.31. The van der Waals surface area contributed by atoms with E-state index in [9.17, 15) is 9.18 Å². The third-order valence-corrected chi connectivity index (χ3v) is 4.07. The van der Waals surface area contributed by atoms with Crippen LogP contribution in [-0.4, -0.2) is 63.7 Å². The molecule has 2 rings (SSSR count). The monoisotopic (exact) mass is 478 g/mol. The van der Waals surface area contributed by atoms with Crippen molar-refractivity contribution >= 4 is 35.8 Å². The predicted molar refractivity (Wildman–Crippen MR) is 111 cm³/mol. The molecule has 146 valence electrons. The van der Waals surface area contributed by atoms with Crippen molar-refractivity contribution in [2.45, 2.75) is 12.8 Å². The molecule has 1 fully saturated rings. The van der Waals surface area contributed by atoms with Crippen LogP contribution in [0.4, 0.5) is 4.39 Å². The van der Waals surface area contributed by atoms with Gasteiger partial charge in [0.2, 0.25) is 5.91 Å². The lowest BCUT2D eigenvalue weighted by Crippen LogP contribution is -2.41. The van der Waals surface area contributed by atoms with Gasteiger partial charge in [-0.3, -0.25) is 4.79 Å². The Morgan fingerprint density at radius 1 is 1.31 bits per heavy atom. The maximum Gasteiger partial charge on any atom is 0.243 e. The Morgan fingerprint density at radius 3 is 2.65 bits per heavy atom. The summed E-state index contributed by atoms with van der Waals surface area (Å²) in [5, 5.41) is 6.51. The molecule has 0 aromatic heterocycles. The Morgan fingerprint density at radius 2 is 2.04 bits per heavy atom. The number of halogens is 2. The molecule has 26 heavy (non-hydrogen) atoms. The second-order valence-corrected chi connectivity index (χ2v) is 6.37. The number of hydrogen-bond acceptors (Lipinski definition) is 3. The number of nitrogens with zero attached hydrogens (tertiary/aromatic N) is 2. The molecule has 0 aliphatic carbocycles. The molecule has 0 spiro atoms. The molecule has 1 aromatic rings. The van der Waals surface area contributed by atoms with E-state index < -0.39 is 0 Å². The zero-order valence-electron chi connectivity index (χ0n) is 15.3. The smallest absolute Gasteiger partial charge is 0.243 e. The average molecular weight is 478 g/mol. The van der Waals surface area contributed by atoms with Crippen LogP contribution in [0.3, 0.4) is 0 Å². The fourth-order valence-corrected chi connectivity index (χ4v) is 2.42. The number of rotatable bonds is 7. The largest absolute Gasteiger partial charge is 0.381 e. The van der Waals surface area contributed by atoms with Crippen LogP contribution < -0.4 is 10.6 Å². The summed E-state index contributed by atoms with van der Waals surface area (Å²) in [6.07, 6.45) is 1.78. The van der Waals surface area contributed by atoms with E-state index in [1.807, 2.05) is 0 Å². The van der Waals surface area contributed by atoms with E-state index >= 15 is 0 Å². The number of carbonyl (C=O) groups is 1. The summed E-state index contributed by atoms with van der Waals surface area (Å²) >= 11 is 0. The number of aliphatic imine (C=N–C) groups is 1. The van der Waals surface area contributed by atoms with Gasteiger partial charge in [-0.05, 0) is 30.5 Å². The van der Waals surface area contributed by atoms with Crippen molar-refractivity contribution in [3.8, 4) is 0 Å². The molecule has 0 bridgehead atoms. The number of carbonyl (C=O) groups excluding carboxylic acids is 1. The Balaban J connectivity index is 0.00000338. The lowest BCUT2D eigenvalue weighted by molar-refractivity contribution is -0.127. The van der Waals surface area contributed by atoms with Crippen LogP contribution in [0.2, 0.25) is 0 Å². The standard InChI is InChI=1S/C18H27FN4O2.HI/c1-23(2)17(24)12-22-18(21-11-15-8-10-25-13-15)20-9-7-14-3-5-16(19)6-4-14;/h3-6,15H,7-13H2,1-2H3,(H2,20,21,22);1H. The van der Waals surface area contributed by atoms with E-state index in [1.165, 1.54) is 17.0 Å². The van der Waals surface area contributed by atoms with Crippen molar-refractivity contribution in [1.29, 1.82) is 0 Å². The zero-order chi connectivity index (χ0) is 18.1. The topological polar surface area (TPSA) is 66.0 Å². The van der Waals surface area contributed by atoms with Crippen LogP contribution in [0.15, 0.2) is 29.3 Å². The first-order chi connectivity index (χ1) is 12.0. The number of ether oxygens (including phenoxy) is 1. The molecule has 8 heteroatoms.